The Bertz CT molecular complexity index is 1030. The second kappa shape index (κ2) is 9.72. The summed E-state index contributed by atoms with van der Waals surface area (Å²) in [5.74, 6) is 1.16. The first kappa shape index (κ1) is 22.3. The zero-order valence-corrected chi connectivity index (χ0v) is 18.8. The molecule has 2 aliphatic rings. The number of carbonyl (C=O) groups is 1. The molecule has 2 heterocycles. The van der Waals surface area contributed by atoms with E-state index in [1.54, 1.807) is 12.3 Å². The van der Waals surface area contributed by atoms with E-state index in [9.17, 15) is 10.1 Å². The van der Waals surface area contributed by atoms with Gasteiger partial charge in [-0.1, -0.05) is 11.6 Å². The van der Waals surface area contributed by atoms with Crippen LogP contribution < -0.4 is 15.5 Å². The summed E-state index contributed by atoms with van der Waals surface area (Å²) in [5.41, 5.74) is 3.16. The minimum Gasteiger partial charge on any atom is -0.396 e. The highest BCUT2D eigenvalue weighted by Crippen LogP contribution is 2.45. The Hall–Kier alpha value is -2.89. The summed E-state index contributed by atoms with van der Waals surface area (Å²) >= 11 is 6.07. The topological polar surface area (TPSA) is 114 Å². The number of pyridine rings is 2. The van der Waals surface area contributed by atoms with Crippen LogP contribution >= 0.6 is 11.6 Å². The maximum Gasteiger partial charge on any atom is 0.222 e. The number of nitrogens with one attached hydrogen (secondary N) is 2. The number of anilines is 3. The third-order valence-electron chi connectivity index (χ3n) is 5.94. The van der Waals surface area contributed by atoms with Crippen LogP contribution in [-0.4, -0.2) is 47.2 Å². The molecule has 2 aliphatic carbocycles. The van der Waals surface area contributed by atoms with Crippen molar-refractivity contribution >= 4 is 34.7 Å². The molecule has 168 valence electrons. The van der Waals surface area contributed by atoms with Crippen LogP contribution in [0.1, 0.15) is 49.3 Å². The molecule has 3 N–H and O–H groups in total. The average molecular weight is 455 g/mol. The smallest absolute Gasteiger partial charge is 0.222 e. The highest BCUT2D eigenvalue weighted by molar-refractivity contribution is 6.29. The van der Waals surface area contributed by atoms with Gasteiger partial charge in [0.15, 0.2) is 0 Å². The van der Waals surface area contributed by atoms with Crippen LogP contribution in [-0.2, 0) is 4.79 Å². The van der Waals surface area contributed by atoms with Crippen LogP contribution in [0.5, 0.6) is 0 Å². The van der Waals surface area contributed by atoms with Gasteiger partial charge in [-0.2, -0.15) is 5.26 Å². The Morgan fingerprint density at radius 3 is 2.78 bits per heavy atom. The molecule has 2 aromatic heterocycles. The molecule has 2 fully saturated rings. The van der Waals surface area contributed by atoms with E-state index in [-0.39, 0.29) is 25.0 Å². The molecule has 0 bridgehead atoms. The second-order valence-corrected chi connectivity index (χ2v) is 8.82. The molecule has 4 rings (SSSR count). The number of nitrogens with zero attached hydrogens (tertiary/aromatic N) is 4. The van der Waals surface area contributed by atoms with E-state index in [2.05, 4.69) is 21.7 Å². The summed E-state index contributed by atoms with van der Waals surface area (Å²) in [6.07, 6.45) is 6.02. The number of aliphatic hydroxyl groups excluding tert-OH is 1. The molecule has 0 radical (unpaired) electrons. The standard InChI is InChI=1S/C23H27ClN6O2/c1-30(17-6-8-26-20(24)11-17)19-10-16(12-25)23(29-22(19)15-4-5-15)27-13-18(14-2-3-14)28-21(32)7-9-31/h6,8,10-11,14-15,18,31H,2-5,7,9,13H2,1H3,(H,27,29)(H,28,32)/t18-/m0/s1. The van der Waals surface area contributed by atoms with E-state index >= 15 is 0 Å². The quantitative estimate of drug-likeness (QED) is 0.471. The first-order valence-electron chi connectivity index (χ1n) is 10.9. The van der Waals surface area contributed by atoms with Crippen molar-refractivity contribution in [2.45, 2.75) is 44.1 Å². The molecular weight excluding hydrogens is 428 g/mol. The van der Waals surface area contributed by atoms with Gasteiger partial charge in [-0.25, -0.2) is 9.97 Å². The highest BCUT2D eigenvalue weighted by atomic mass is 35.5. The summed E-state index contributed by atoms with van der Waals surface area (Å²) in [6.45, 7) is 0.321. The van der Waals surface area contributed by atoms with E-state index in [1.807, 2.05) is 24.1 Å². The van der Waals surface area contributed by atoms with E-state index in [4.69, 9.17) is 21.7 Å². The van der Waals surface area contributed by atoms with Crippen LogP contribution in [0.15, 0.2) is 24.4 Å². The Balaban J connectivity index is 1.57. The molecule has 0 unspecified atom stereocenters. The average Bonchev–Trinajstić information content (AvgIpc) is 3.69. The lowest BCUT2D eigenvalue weighted by atomic mass is 10.1. The van der Waals surface area contributed by atoms with Gasteiger partial charge in [0.25, 0.3) is 0 Å². The minimum atomic E-state index is -0.167. The van der Waals surface area contributed by atoms with Gasteiger partial charge in [0.05, 0.1) is 23.6 Å². The van der Waals surface area contributed by atoms with Crippen molar-refractivity contribution in [1.29, 1.82) is 5.26 Å². The molecule has 0 spiro atoms. The zero-order valence-electron chi connectivity index (χ0n) is 18.0. The van der Waals surface area contributed by atoms with Crippen molar-refractivity contribution in [2.24, 2.45) is 5.92 Å². The predicted molar refractivity (Wildman–Crippen MR) is 123 cm³/mol. The van der Waals surface area contributed by atoms with E-state index in [0.29, 0.717) is 34.9 Å². The molecule has 8 nitrogen and oxygen atoms in total. The van der Waals surface area contributed by atoms with Crippen molar-refractivity contribution in [3.63, 3.8) is 0 Å². The number of halogens is 1. The van der Waals surface area contributed by atoms with Crippen LogP contribution in [0.2, 0.25) is 5.15 Å². The molecule has 0 saturated heterocycles. The fourth-order valence-corrected chi connectivity index (χ4v) is 3.99. The third-order valence-corrected chi connectivity index (χ3v) is 6.15. The Morgan fingerprint density at radius 1 is 1.38 bits per heavy atom. The Labute approximate surface area is 192 Å². The van der Waals surface area contributed by atoms with E-state index in [1.165, 1.54) is 0 Å². The maximum atomic E-state index is 12.0. The minimum absolute atomic E-state index is 0.0481. The number of aromatic nitrogens is 2. The van der Waals surface area contributed by atoms with E-state index in [0.717, 1.165) is 42.8 Å². The maximum absolute atomic E-state index is 12.0. The molecule has 0 aromatic carbocycles. The first-order chi connectivity index (χ1) is 15.5. The van der Waals surface area contributed by atoms with Crippen LogP contribution in [0.4, 0.5) is 17.2 Å². The molecular formula is C23H27ClN6O2. The monoisotopic (exact) mass is 454 g/mol. The first-order valence-corrected chi connectivity index (χ1v) is 11.3. The molecule has 2 saturated carbocycles. The zero-order chi connectivity index (χ0) is 22.7. The number of amides is 1. The third kappa shape index (κ3) is 5.29. The highest BCUT2D eigenvalue weighted by Gasteiger charge is 2.33. The SMILES string of the molecule is CN(c1ccnc(Cl)c1)c1cc(C#N)c(NC[C@H](NC(=O)CCO)C2CC2)nc1C1CC1. The van der Waals surface area contributed by atoms with Crippen molar-refractivity contribution in [3.05, 3.63) is 40.8 Å². The van der Waals surface area contributed by atoms with Gasteiger partial charge in [-0.3, -0.25) is 4.79 Å². The number of nitriles is 1. The van der Waals surface area contributed by atoms with Gasteiger partial charge in [0.2, 0.25) is 5.91 Å². The van der Waals surface area contributed by atoms with Crippen LogP contribution in [0.25, 0.3) is 0 Å². The normalized spacial score (nSPS) is 16.2. The van der Waals surface area contributed by atoms with E-state index < -0.39 is 0 Å². The Morgan fingerprint density at radius 2 is 2.16 bits per heavy atom. The lowest BCUT2D eigenvalue weighted by Crippen LogP contribution is -2.41. The lowest BCUT2D eigenvalue weighted by Gasteiger charge is -2.24. The number of aliphatic hydroxyl groups is 1. The van der Waals surface area contributed by atoms with Crippen molar-refractivity contribution < 1.29 is 9.90 Å². The van der Waals surface area contributed by atoms with Gasteiger partial charge in [-0.05, 0) is 49.8 Å². The molecule has 1 atom stereocenters. The summed E-state index contributed by atoms with van der Waals surface area (Å²) in [7, 11) is 1.93. The van der Waals surface area contributed by atoms with Gasteiger partial charge < -0.3 is 20.6 Å². The number of carbonyl (C=O) groups excluding carboxylic acids is 1. The van der Waals surface area contributed by atoms with Crippen molar-refractivity contribution in [3.8, 4) is 6.07 Å². The van der Waals surface area contributed by atoms with Gasteiger partial charge in [-0.15, -0.1) is 0 Å². The Kier molecular flexibility index (Phi) is 6.77. The molecule has 1 amide bonds. The number of hydrogen-bond donors (Lipinski definition) is 3. The predicted octanol–water partition coefficient (Wildman–Crippen LogP) is 3.34. The second-order valence-electron chi connectivity index (χ2n) is 8.44. The number of rotatable bonds is 10. The fraction of sp³-hybridized carbons (Fsp3) is 0.478. The summed E-state index contributed by atoms with van der Waals surface area (Å²) in [6, 6.07) is 7.73. The lowest BCUT2D eigenvalue weighted by molar-refractivity contribution is -0.122. The molecule has 9 heteroatoms. The van der Waals surface area contributed by atoms with Gasteiger partial charge in [0.1, 0.15) is 17.0 Å². The molecule has 0 aliphatic heterocycles. The van der Waals surface area contributed by atoms with Gasteiger partial charge in [0, 0.05) is 43.9 Å². The molecule has 2 aromatic rings. The summed E-state index contributed by atoms with van der Waals surface area (Å²) in [4.78, 5) is 22.9. The fourth-order valence-electron chi connectivity index (χ4n) is 3.82. The van der Waals surface area contributed by atoms with Gasteiger partial charge >= 0.3 is 0 Å². The summed E-state index contributed by atoms with van der Waals surface area (Å²) < 4.78 is 0. The van der Waals surface area contributed by atoms with Crippen LogP contribution in [0.3, 0.4) is 0 Å². The number of hydrogen-bond acceptors (Lipinski definition) is 7. The summed E-state index contributed by atoms with van der Waals surface area (Å²) in [5, 5.41) is 25.5. The van der Waals surface area contributed by atoms with Crippen molar-refractivity contribution in [1.82, 2.24) is 15.3 Å². The van der Waals surface area contributed by atoms with Crippen LogP contribution in [0, 0.1) is 17.2 Å². The van der Waals surface area contributed by atoms with Crippen molar-refractivity contribution in [2.75, 3.05) is 30.4 Å². The largest absolute Gasteiger partial charge is 0.396 e. The molecule has 32 heavy (non-hydrogen) atoms.